The van der Waals surface area contributed by atoms with Gasteiger partial charge in [-0.05, 0) is 42.0 Å². The van der Waals surface area contributed by atoms with E-state index in [2.05, 4.69) is 19.9 Å². The first-order chi connectivity index (χ1) is 16.5. The highest BCUT2D eigenvalue weighted by atomic mass is 32.3. The molecule has 1 saturated carbocycles. The number of amidine groups is 1. The molecule has 2 aliphatic rings. The lowest BCUT2D eigenvalue weighted by molar-refractivity contribution is 0.455. The van der Waals surface area contributed by atoms with Crippen LogP contribution in [0, 0.1) is 5.92 Å². The lowest BCUT2D eigenvalue weighted by Crippen LogP contribution is -2.34. The SMILES string of the molecule is CS(O)(O)Nc1ccc2c(c1)P(=O)(O)N=C(c1c(O)c(-c3cccs3)nn(CCC3CC3)c1=O)N2. The number of nitrogens with zero attached hydrogens (tertiary/aromatic N) is 3. The Kier molecular flexibility index (Phi) is 6.02. The fourth-order valence-corrected chi connectivity index (χ4v) is 6.40. The molecule has 0 saturated heterocycles. The Bertz CT molecular complexity index is 1430. The minimum absolute atomic E-state index is 0.0732. The minimum atomic E-state index is -4.39. The van der Waals surface area contributed by atoms with Gasteiger partial charge >= 0.3 is 7.52 Å². The summed E-state index contributed by atoms with van der Waals surface area (Å²) in [4.78, 5) is 24.8. The normalized spacial score (nSPS) is 20.1. The predicted octanol–water partition coefficient (Wildman–Crippen LogP) is 3.87. The molecular formula is C21H24N5O6PS2. The van der Waals surface area contributed by atoms with E-state index in [0.29, 0.717) is 17.3 Å². The van der Waals surface area contributed by atoms with Crippen molar-refractivity contribution in [2.75, 3.05) is 16.3 Å². The molecule has 14 heteroatoms. The van der Waals surface area contributed by atoms with E-state index in [-0.39, 0.29) is 33.8 Å². The summed E-state index contributed by atoms with van der Waals surface area (Å²) in [6.45, 7) is 0.355. The molecule has 1 atom stereocenters. The van der Waals surface area contributed by atoms with Crippen LogP contribution in [-0.2, 0) is 11.1 Å². The number of aryl methyl sites for hydroxylation is 1. The second-order valence-corrected chi connectivity index (χ2v) is 13.2. The fourth-order valence-electron chi connectivity index (χ4n) is 3.84. The van der Waals surface area contributed by atoms with Crippen molar-refractivity contribution in [3.8, 4) is 16.3 Å². The van der Waals surface area contributed by atoms with E-state index in [1.165, 1.54) is 40.5 Å². The summed E-state index contributed by atoms with van der Waals surface area (Å²) in [5.41, 5.74) is -0.228. The average molecular weight is 538 g/mol. The van der Waals surface area contributed by atoms with Crippen LogP contribution in [-0.4, -0.2) is 41.0 Å². The maximum Gasteiger partial charge on any atom is 0.346 e. The standard InChI is InChI=1S/C21H24N5O6PS2/c1-35(31,32)25-13-6-7-14-15(11-13)33(29,30)24-20(22-14)17-19(27)18(16-3-2-10-34-16)23-26(21(17)28)9-8-12-4-5-12/h2-3,6-7,10-12,25,27,31-32H,4-5,8-9H2,1H3,(H2,22,24,29,30). The molecule has 35 heavy (non-hydrogen) atoms. The van der Waals surface area contributed by atoms with E-state index in [4.69, 9.17) is 0 Å². The zero-order valence-corrected chi connectivity index (χ0v) is 21.1. The highest BCUT2D eigenvalue weighted by Gasteiger charge is 2.34. The molecule has 2 aromatic heterocycles. The third-order valence-electron chi connectivity index (χ3n) is 5.68. The third-order valence-corrected chi connectivity index (χ3v) is 8.65. The summed E-state index contributed by atoms with van der Waals surface area (Å²) in [5.74, 6) is -0.107. The average Bonchev–Trinajstić information content (AvgIpc) is 3.43. The first-order valence-electron chi connectivity index (χ1n) is 10.8. The van der Waals surface area contributed by atoms with E-state index in [1.807, 2.05) is 5.38 Å². The molecule has 0 radical (unpaired) electrons. The monoisotopic (exact) mass is 537 g/mol. The maximum absolute atomic E-state index is 13.4. The Balaban J connectivity index is 1.60. The van der Waals surface area contributed by atoms with Crippen molar-refractivity contribution in [2.45, 2.75) is 25.8 Å². The van der Waals surface area contributed by atoms with Crippen molar-refractivity contribution >= 4 is 52.1 Å². The van der Waals surface area contributed by atoms with Crippen molar-refractivity contribution < 1.29 is 23.7 Å². The van der Waals surface area contributed by atoms with Gasteiger partial charge in [0, 0.05) is 12.8 Å². The zero-order valence-electron chi connectivity index (χ0n) is 18.6. The number of aromatic hydroxyl groups is 1. The van der Waals surface area contributed by atoms with Gasteiger partial charge in [-0.15, -0.1) is 22.1 Å². The van der Waals surface area contributed by atoms with Gasteiger partial charge in [0.2, 0.25) is 0 Å². The number of thiophene rings is 1. The Labute approximate surface area is 206 Å². The first-order valence-corrected chi connectivity index (χ1v) is 15.2. The van der Waals surface area contributed by atoms with Crippen LogP contribution in [0.1, 0.15) is 24.8 Å². The number of rotatable bonds is 7. The van der Waals surface area contributed by atoms with Gasteiger partial charge in [0.15, 0.2) is 11.6 Å². The van der Waals surface area contributed by atoms with Crippen LogP contribution in [0.5, 0.6) is 5.75 Å². The van der Waals surface area contributed by atoms with Gasteiger partial charge in [-0.25, -0.2) is 4.68 Å². The van der Waals surface area contributed by atoms with Crippen molar-refractivity contribution in [3.63, 3.8) is 0 Å². The van der Waals surface area contributed by atoms with Crippen LogP contribution in [0.2, 0.25) is 0 Å². The van der Waals surface area contributed by atoms with E-state index in [9.17, 15) is 28.5 Å². The topological polar surface area (TPSA) is 169 Å². The predicted molar refractivity (Wildman–Crippen MR) is 139 cm³/mol. The van der Waals surface area contributed by atoms with Crippen molar-refractivity contribution in [3.05, 3.63) is 51.6 Å². The van der Waals surface area contributed by atoms with Crippen LogP contribution < -0.4 is 20.9 Å². The van der Waals surface area contributed by atoms with Crippen LogP contribution in [0.3, 0.4) is 0 Å². The molecule has 1 aliphatic carbocycles. The van der Waals surface area contributed by atoms with Crippen LogP contribution >= 0.6 is 29.6 Å². The first kappa shape index (κ1) is 24.0. The van der Waals surface area contributed by atoms with Crippen LogP contribution in [0.4, 0.5) is 11.4 Å². The summed E-state index contributed by atoms with van der Waals surface area (Å²) in [5, 5.41) is 20.1. The lowest BCUT2D eigenvalue weighted by atomic mass is 10.1. The Hall–Kier alpha value is -2.67. The quantitative estimate of drug-likeness (QED) is 0.245. The molecule has 1 aliphatic heterocycles. The second kappa shape index (κ2) is 8.77. The van der Waals surface area contributed by atoms with Crippen molar-refractivity contribution in [1.29, 1.82) is 0 Å². The highest BCUT2D eigenvalue weighted by molar-refractivity contribution is 8.24. The molecule has 0 bridgehead atoms. The van der Waals surface area contributed by atoms with Crippen LogP contribution in [0.25, 0.3) is 10.6 Å². The van der Waals surface area contributed by atoms with Gasteiger partial charge in [0.25, 0.3) is 5.56 Å². The summed E-state index contributed by atoms with van der Waals surface area (Å²) in [6.07, 6.45) is 4.18. The number of nitrogens with one attached hydrogen (secondary N) is 2. The molecule has 5 rings (SSSR count). The van der Waals surface area contributed by atoms with Gasteiger partial charge in [0.05, 0.1) is 21.6 Å². The number of hydrogen-bond acceptors (Lipinski definition) is 9. The molecule has 3 heterocycles. The Morgan fingerprint density at radius 1 is 1.31 bits per heavy atom. The molecule has 11 nitrogen and oxygen atoms in total. The molecule has 0 spiro atoms. The minimum Gasteiger partial charge on any atom is -0.505 e. The third kappa shape index (κ3) is 5.01. The van der Waals surface area contributed by atoms with E-state index in [1.54, 1.807) is 12.1 Å². The zero-order chi connectivity index (χ0) is 25.0. The number of hydrogen-bond donors (Lipinski definition) is 6. The molecule has 0 amide bonds. The summed E-state index contributed by atoms with van der Waals surface area (Å²) in [7, 11) is -7.49. The van der Waals surface area contributed by atoms with Gasteiger partial charge in [-0.1, -0.05) is 18.9 Å². The summed E-state index contributed by atoms with van der Waals surface area (Å²) >= 11 is 1.34. The van der Waals surface area contributed by atoms with Crippen molar-refractivity contribution in [1.82, 2.24) is 9.78 Å². The molecule has 186 valence electrons. The van der Waals surface area contributed by atoms with E-state index < -0.39 is 29.6 Å². The highest BCUT2D eigenvalue weighted by Crippen LogP contribution is 2.48. The van der Waals surface area contributed by atoms with Crippen LogP contribution in [0.15, 0.2) is 45.3 Å². The largest absolute Gasteiger partial charge is 0.505 e. The van der Waals surface area contributed by atoms with E-state index in [0.717, 1.165) is 19.3 Å². The smallest absolute Gasteiger partial charge is 0.346 e. The molecule has 6 N–H and O–H groups in total. The van der Waals surface area contributed by atoms with Gasteiger partial charge in [-0.2, -0.15) is 9.86 Å². The Morgan fingerprint density at radius 2 is 2.09 bits per heavy atom. The fraction of sp³-hybridized carbons (Fsp3) is 0.286. The summed E-state index contributed by atoms with van der Waals surface area (Å²) in [6, 6.07) is 7.81. The van der Waals surface area contributed by atoms with Crippen molar-refractivity contribution in [2.24, 2.45) is 10.7 Å². The lowest BCUT2D eigenvalue weighted by Gasteiger charge is -2.30. The molecule has 1 unspecified atom stereocenters. The van der Waals surface area contributed by atoms with E-state index >= 15 is 0 Å². The van der Waals surface area contributed by atoms with Gasteiger partial charge in [0.1, 0.15) is 11.3 Å². The molecule has 1 fully saturated rings. The summed E-state index contributed by atoms with van der Waals surface area (Å²) < 4.78 is 40.2. The number of benzene rings is 1. The Morgan fingerprint density at radius 3 is 2.74 bits per heavy atom. The molecule has 3 aromatic rings. The number of anilines is 2. The van der Waals surface area contributed by atoms with Gasteiger partial charge < -0.3 is 15.3 Å². The maximum atomic E-state index is 13.4. The number of fused-ring (bicyclic) bond motifs is 1. The molecule has 1 aromatic carbocycles. The number of aromatic nitrogens is 2. The second-order valence-electron chi connectivity index (χ2n) is 8.59. The molecular weight excluding hydrogens is 513 g/mol. The van der Waals surface area contributed by atoms with Gasteiger partial charge in [-0.3, -0.25) is 23.2 Å².